The van der Waals surface area contributed by atoms with Gasteiger partial charge in [0.25, 0.3) is 6.01 Å². The summed E-state index contributed by atoms with van der Waals surface area (Å²) in [5.41, 5.74) is 1.36. The van der Waals surface area contributed by atoms with Crippen molar-refractivity contribution >= 4 is 6.01 Å². The van der Waals surface area contributed by atoms with Crippen molar-refractivity contribution < 1.29 is 4.42 Å². The van der Waals surface area contributed by atoms with E-state index >= 15 is 0 Å². The molecule has 1 aliphatic heterocycles. The van der Waals surface area contributed by atoms with Gasteiger partial charge < -0.3 is 14.6 Å². The van der Waals surface area contributed by atoms with Crippen molar-refractivity contribution in [2.75, 3.05) is 18.0 Å². The van der Waals surface area contributed by atoms with E-state index < -0.39 is 0 Å². The summed E-state index contributed by atoms with van der Waals surface area (Å²) in [5, 5.41) is 3.34. The first kappa shape index (κ1) is 12.4. The maximum atomic E-state index is 5.55. The molecule has 2 heterocycles. The number of hydrogen-bond acceptors (Lipinski definition) is 4. The van der Waals surface area contributed by atoms with Crippen LogP contribution in [0.3, 0.4) is 0 Å². The standard InChI is InChI=1S/C13H23N3O/c1-10(2)14-7-11-8-17-12(15-11)16-6-5-13(3,4)9-16/h8,10,14H,5-7,9H2,1-4H3. The van der Waals surface area contributed by atoms with Gasteiger partial charge in [-0.05, 0) is 11.8 Å². The summed E-state index contributed by atoms with van der Waals surface area (Å²) in [6.45, 7) is 11.7. The van der Waals surface area contributed by atoms with Gasteiger partial charge >= 0.3 is 0 Å². The largest absolute Gasteiger partial charge is 0.432 e. The number of nitrogens with zero attached hydrogens (tertiary/aromatic N) is 2. The van der Waals surface area contributed by atoms with Gasteiger partial charge in [0.15, 0.2) is 0 Å². The van der Waals surface area contributed by atoms with Crippen LogP contribution >= 0.6 is 0 Å². The van der Waals surface area contributed by atoms with Crippen molar-refractivity contribution in [2.24, 2.45) is 5.41 Å². The highest BCUT2D eigenvalue weighted by Gasteiger charge is 2.31. The van der Waals surface area contributed by atoms with Gasteiger partial charge in [-0.1, -0.05) is 27.7 Å². The lowest BCUT2D eigenvalue weighted by Crippen LogP contribution is -2.24. The summed E-state index contributed by atoms with van der Waals surface area (Å²) in [6.07, 6.45) is 2.96. The topological polar surface area (TPSA) is 41.3 Å². The molecule has 1 saturated heterocycles. The van der Waals surface area contributed by atoms with Crippen LogP contribution in [0.15, 0.2) is 10.7 Å². The smallest absolute Gasteiger partial charge is 0.297 e. The van der Waals surface area contributed by atoms with E-state index in [1.165, 1.54) is 6.42 Å². The summed E-state index contributed by atoms with van der Waals surface area (Å²) >= 11 is 0. The second-order valence-corrected chi connectivity index (χ2v) is 5.99. The van der Waals surface area contributed by atoms with E-state index in [1.54, 1.807) is 6.26 Å². The summed E-state index contributed by atoms with van der Waals surface area (Å²) in [7, 11) is 0. The van der Waals surface area contributed by atoms with Crippen LogP contribution in [0.25, 0.3) is 0 Å². The molecule has 1 fully saturated rings. The zero-order chi connectivity index (χ0) is 12.5. The van der Waals surface area contributed by atoms with Crippen LogP contribution in [-0.2, 0) is 6.54 Å². The molecule has 0 amide bonds. The first-order chi connectivity index (χ1) is 7.96. The van der Waals surface area contributed by atoms with E-state index in [4.69, 9.17) is 4.42 Å². The van der Waals surface area contributed by atoms with Gasteiger partial charge in [-0.2, -0.15) is 4.98 Å². The van der Waals surface area contributed by atoms with Gasteiger partial charge in [-0.15, -0.1) is 0 Å². The van der Waals surface area contributed by atoms with E-state index in [0.29, 0.717) is 11.5 Å². The SMILES string of the molecule is CC(C)NCc1coc(N2CCC(C)(C)C2)n1. The van der Waals surface area contributed by atoms with Crippen LogP contribution < -0.4 is 10.2 Å². The molecule has 4 nitrogen and oxygen atoms in total. The van der Waals surface area contributed by atoms with Crippen LogP contribution in [0.4, 0.5) is 6.01 Å². The first-order valence-electron chi connectivity index (χ1n) is 6.39. The molecule has 2 rings (SSSR count). The van der Waals surface area contributed by atoms with Crippen LogP contribution in [0.1, 0.15) is 39.8 Å². The Morgan fingerprint density at radius 1 is 1.53 bits per heavy atom. The fraction of sp³-hybridized carbons (Fsp3) is 0.769. The van der Waals surface area contributed by atoms with Crippen molar-refractivity contribution in [3.63, 3.8) is 0 Å². The molecule has 1 aromatic rings. The summed E-state index contributed by atoms with van der Waals surface area (Å²) in [4.78, 5) is 6.76. The fourth-order valence-electron chi connectivity index (χ4n) is 2.11. The minimum atomic E-state index is 0.380. The van der Waals surface area contributed by atoms with Crippen molar-refractivity contribution in [3.8, 4) is 0 Å². The molecular formula is C13H23N3O. The lowest BCUT2D eigenvalue weighted by molar-refractivity contribution is 0.415. The van der Waals surface area contributed by atoms with Crippen molar-refractivity contribution in [3.05, 3.63) is 12.0 Å². The number of nitrogens with one attached hydrogen (secondary N) is 1. The summed E-state index contributed by atoms with van der Waals surface area (Å²) in [5.74, 6) is 0. The van der Waals surface area contributed by atoms with Crippen LogP contribution in [0, 0.1) is 5.41 Å². The summed E-state index contributed by atoms with van der Waals surface area (Å²) in [6, 6.07) is 1.25. The van der Waals surface area contributed by atoms with Crippen LogP contribution in [0.2, 0.25) is 0 Å². The second kappa shape index (κ2) is 4.69. The van der Waals surface area contributed by atoms with E-state index in [0.717, 1.165) is 31.3 Å². The third kappa shape index (κ3) is 3.22. The van der Waals surface area contributed by atoms with Gasteiger partial charge in [-0.25, -0.2) is 0 Å². The normalized spacial score (nSPS) is 19.2. The maximum Gasteiger partial charge on any atom is 0.297 e. The number of oxazole rings is 1. The van der Waals surface area contributed by atoms with Gasteiger partial charge in [0.05, 0.1) is 5.69 Å². The first-order valence-corrected chi connectivity index (χ1v) is 6.39. The lowest BCUT2D eigenvalue weighted by Gasteiger charge is -2.17. The molecule has 0 aromatic carbocycles. The quantitative estimate of drug-likeness (QED) is 0.873. The number of rotatable bonds is 4. The zero-order valence-corrected chi connectivity index (χ0v) is 11.3. The van der Waals surface area contributed by atoms with E-state index in [9.17, 15) is 0 Å². The average Bonchev–Trinajstić information content (AvgIpc) is 2.81. The molecule has 96 valence electrons. The second-order valence-electron chi connectivity index (χ2n) is 5.99. The zero-order valence-electron chi connectivity index (χ0n) is 11.3. The molecular weight excluding hydrogens is 214 g/mol. The molecule has 0 aliphatic carbocycles. The molecule has 1 N–H and O–H groups in total. The van der Waals surface area contributed by atoms with Crippen LogP contribution in [-0.4, -0.2) is 24.1 Å². The number of anilines is 1. The lowest BCUT2D eigenvalue weighted by atomic mass is 9.93. The molecule has 0 bridgehead atoms. The molecule has 0 atom stereocenters. The molecule has 4 heteroatoms. The highest BCUT2D eigenvalue weighted by molar-refractivity contribution is 5.29. The van der Waals surface area contributed by atoms with Crippen molar-refractivity contribution in [1.29, 1.82) is 0 Å². The number of aromatic nitrogens is 1. The molecule has 0 saturated carbocycles. The Hall–Kier alpha value is -1.03. The van der Waals surface area contributed by atoms with E-state index in [-0.39, 0.29) is 0 Å². The maximum absolute atomic E-state index is 5.55. The van der Waals surface area contributed by atoms with Gasteiger partial charge in [0, 0.05) is 25.7 Å². The Balaban J connectivity index is 1.94. The van der Waals surface area contributed by atoms with E-state index in [2.05, 4.69) is 42.9 Å². The number of hydrogen-bond donors (Lipinski definition) is 1. The predicted octanol–water partition coefficient (Wildman–Crippen LogP) is 2.41. The van der Waals surface area contributed by atoms with Gasteiger partial charge in [-0.3, -0.25) is 0 Å². The highest BCUT2D eigenvalue weighted by atomic mass is 16.4. The van der Waals surface area contributed by atoms with Crippen molar-refractivity contribution in [1.82, 2.24) is 10.3 Å². The minimum absolute atomic E-state index is 0.380. The highest BCUT2D eigenvalue weighted by Crippen LogP contribution is 2.31. The minimum Gasteiger partial charge on any atom is -0.432 e. The third-order valence-electron chi connectivity index (χ3n) is 3.18. The third-order valence-corrected chi connectivity index (χ3v) is 3.18. The molecule has 1 aliphatic rings. The molecule has 0 spiro atoms. The molecule has 0 radical (unpaired) electrons. The fourth-order valence-corrected chi connectivity index (χ4v) is 2.11. The van der Waals surface area contributed by atoms with Gasteiger partial charge in [0.2, 0.25) is 0 Å². The van der Waals surface area contributed by atoms with Crippen LogP contribution in [0.5, 0.6) is 0 Å². The summed E-state index contributed by atoms with van der Waals surface area (Å²) < 4.78 is 5.55. The van der Waals surface area contributed by atoms with Gasteiger partial charge in [0.1, 0.15) is 6.26 Å². The Morgan fingerprint density at radius 3 is 2.88 bits per heavy atom. The monoisotopic (exact) mass is 237 g/mol. The molecule has 0 unspecified atom stereocenters. The Bertz CT molecular complexity index is 370. The van der Waals surface area contributed by atoms with E-state index in [1.807, 2.05) is 0 Å². The average molecular weight is 237 g/mol. The predicted molar refractivity (Wildman–Crippen MR) is 69.1 cm³/mol. The van der Waals surface area contributed by atoms with Crippen molar-refractivity contribution in [2.45, 2.75) is 46.7 Å². The Morgan fingerprint density at radius 2 is 2.29 bits per heavy atom. The molecule has 1 aromatic heterocycles. The Kier molecular flexibility index (Phi) is 3.43. The Labute approximate surface area is 103 Å². The molecule has 17 heavy (non-hydrogen) atoms.